The Hall–Kier alpha value is -0.0400. The lowest BCUT2D eigenvalue weighted by Gasteiger charge is -2.41. The summed E-state index contributed by atoms with van der Waals surface area (Å²) in [5.41, 5.74) is 6.08. The topological polar surface area (TPSA) is 26.0 Å². The molecule has 0 unspecified atom stereocenters. The molecule has 0 bridgehead atoms. The van der Waals surface area contributed by atoms with Crippen molar-refractivity contribution in [2.75, 3.05) is 0 Å². The molecule has 28 heavy (non-hydrogen) atoms. The molecule has 0 aromatic heterocycles. The molecule has 0 aromatic carbocycles. The minimum absolute atomic E-state index is 0.517. The van der Waals surface area contributed by atoms with Gasteiger partial charge in [-0.3, -0.25) is 0 Å². The van der Waals surface area contributed by atoms with Gasteiger partial charge in [0.25, 0.3) is 0 Å². The molecule has 0 heterocycles. The van der Waals surface area contributed by atoms with Crippen molar-refractivity contribution in [1.29, 1.82) is 0 Å². The molecule has 2 N–H and O–H groups in total. The summed E-state index contributed by atoms with van der Waals surface area (Å²) in [5, 5.41) is 0. The van der Waals surface area contributed by atoms with Gasteiger partial charge in [0.05, 0.1) is 0 Å². The van der Waals surface area contributed by atoms with E-state index in [-0.39, 0.29) is 0 Å². The third kappa shape index (κ3) is 5.77. The van der Waals surface area contributed by atoms with Crippen LogP contribution in [0.3, 0.4) is 0 Å². The zero-order valence-electron chi connectivity index (χ0n) is 18.9. The zero-order chi connectivity index (χ0) is 19.3. The highest BCUT2D eigenvalue weighted by Crippen LogP contribution is 2.46. The lowest BCUT2D eigenvalue weighted by Crippen LogP contribution is -2.29. The maximum Gasteiger partial charge on any atom is 0.00390 e. The summed E-state index contributed by atoms with van der Waals surface area (Å²) in [6, 6.07) is 0.517. The Morgan fingerprint density at radius 2 is 0.786 bits per heavy atom. The molecular formula is C27H49N. The Kier molecular flexibility index (Phi) is 7.81. The molecule has 4 saturated carbocycles. The second-order valence-corrected chi connectivity index (χ2v) is 11.8. The molecule has 1 nitrogen and oxygen atoms in total. The van der Waals surface area contributed by atoms with Crippen LogP contribution in [0.4, 0.5) is 0 Å². The van der Waals surface area contributed by atoms with Crippen LogP contribution in [0.1, 0.15) is 122 Å². The van der Waals surface area contributed by atoms with Gasteiger partial charge in [-0.05, 0) is 118 Å². The summed E-state index contributed by atoms with van der Waals surface area (Å²) < 4.78 is 0. The maximum atomic E-state index is 6.08. The predicted octanol–water partition coefficient (Wildman–Crippen LogP) is 7.72. The van der Waals surface area contributed by atoms with E-state index in [0.29, 0.717) is 6.04 Å². The van der Waals surface area contributed by atoms with Crippen LogP contribution in [-0.2, 0) is 0 Å². The predicted molar refractivity (Wildman–Crippen MR) is 121 cm³/mol. The van der Waals surface area contributed by atoms with Crippen LogP contribution in [0.5, 0.6) is 0 Å². The Bertz CT molecular complexity index is 427. The van der Waals surface area contributed by atoms with E-state index < -0.39 is 0 Å². The SMILES string of the molecule is CC1CCC(C2CCC(C3CCC(CCC4CCC(N)CC4)CC3)CC2)CC1. The van der Waals surface area contributed by atoms with Gasteiger partial charge in [-0.2, -0.15) is 0 Å². The molecule has 0 spiro atoms. The van der Waals surface area contributed by atoms with Crippen molar-refractivity contribution in [2.45, 2.75) is 129 Å². The van der Waals surface area contributed by atoms with E-state index in [1.165, 1.54) is 51.4 Å². The fourth-order valence-electron chi connectivity index (χ4n) is 7.74. The Morgan fingerprint density at radius 3 is 1.21 bits per heavy atom. The number of rotatable bonds is 5. The van der Waals surface area contributed by atoms with Crippen molar-refractivity contribution >= 4 is 0 Å². The molecule has 4 fully saturated rings. The molecule has 0 aliphatic heterocycles. The first-order chi connectivity index (χ1) is 13.7. The van der Waals surface area contributed by atoms with Crippen LogP contribution in [-0.4, -0.2) is 6.04 Å². The van der Waals surface area contributed by atoms with Crippen molar-refractivity contribution in [3.05, 3.63) is 0 Å². The average molecular weight is 388 g/mol. The van der Waals surface area contributed by atoms with Crippen LogP contribution in [0.15, 0.2) is 0 Å². The highest BCUT2D eigenvalue weighted by molar-refractivity contribution is 4.86. The molecule has 4 rings (SSSR count). The smallest absolute Gasteiger partial charge is 0.00390 e. The van der Waals surface area contributed by atoms with E-state index >= 15 is 0 Å². The van der Waals surface area contributed by atoms with Gasteiger partial charge < -0.3 is 5.73 Å². The van der Waals surface area contributed by atoms with Gasteiger partial charge in [0, 0.05) is 6.04 Å². The molecule has 4 aliphatic rings. The minimum atomic E-state index is 0.517. The lowest BCUT2D eigenvalue weighted by atomic mass is 9.65. The van der Waals surface area contributed by atoms with Gasteiger partial charge in [0.15, 0.2) is 0 Å². The third-order valence-electron chi connectivity index (χ3n) is 9.98. The minimum Gasteiger partial charge on any atom is -0.328 e. The summed E-state index contributed by atoms with van der Waals surface area (Å²) in [6.07, 6.45) is 27.1. The normalized spacial score (nSPS) is 45.6. The summed E-state index contributed by atoms with van der Waals surface area (Å²) in [7, 11) is 0. The summed E-state index contributed by atoms with van der Waals surface area (Å²) in [4.78, 5) is 0. The van der Waals surface area contributed by atoms with Gasteiger partial charge in [-0.1, -0.05) is 45.4 Å². The van der Waals surface area contributed by atoms with Crippen molar-refractivity contribution in [3.8, 4) is 0 Å². The van der Waals surface area contributed by atoms with Crippen LogP contribution < -0.4 is 5.73 Å². The van der Waals surface area contributed by atoms with E-state index in [9.17, 15) is 0 Å². The highest BCUT2D eigenvalue weighted by atomic mass is 14.6. The Labute approximate surface area is 176 Å². The third-order valence-corrected chi connectivity index (χ3v) is 9.98. The number of hydrogen-bond donors (Lipinski definition) is 1. The van der Waals surface area contributed by atoms with Gasteiger partial charge in [-0.25, -0.2) is 0 Å². The monoisotopic (exact) mass is 387 g/mol. The molecule has 1 heteroatoms. The zero-order valence-corrected chi connectivity index (χ0v) is 18.9. The van der Waals surface area contributed by atoms with Gasteiger partial charge >= 0.3 is 0 Å². The molecular weight excluding hydrogens is 338 g/mol. The fraction of sp³-hybridized carbons (Fsp3) is 1.00. The summed E-state index contributed by atoms with van der Waals surface area (Å²) >= 11 is 0. The quantitative estimate of drug-likeness (QED) is 0.513. The molecule has 0 saturated heterocycles. The van der Waals surface area contributed by atoms with Crippen molar-refractivity contribution in [3.63, 3.8) is 0 Å². The first-order valence-electron chi connectivity index (χ1n) is 13.4. The van der Waals surface area contributed by atoms with E-state index in [1.54, 1.807) is 64.2 Å². The molecule has 0 aromatic rings. The first kappa shape index (κ1) is 21.2. The van der Waals surface area contributed by atoms with Crippen LogP contribution in [0.25, 0.3) is 0 Å². The fourth-order valence-corrected chi connectivity index (χ4v) is 7.74. The van der Waals surface area contributed by atoms with Crippen molar-refractivity contribution in [1.82, 2.24) is 0 Å². The van der Waals surface area contributed by atoms with Gasteiger partial charge in [0.2, 0.25) is 0 Å². The van der Waals surface area contributed by atoms with Crippen molar-refractivity contribution in [2.24, 2.45) is 47.2 Å². The summed E-state index contributed by atoms with van der Waals surface area (Å²) in [6.45, 7) is 2.47. The first-order valence-corrected chi connectivity index (χ1v) is 13.4. The molecule has 0 atom stereocenters. The molecule has 0 radical (unpaired) electrons. The summed E-state index contributed by atoms with van der Waals surface area (Å²) in [5.74, 6) is 7.48. The van der Waals surface area contributed by atoms with Crippen molar-refractivity contribution < 1.29 is 0 Å². The second-order valence-electron chi connectivity index (χ2n) is 11.8. The van der Waals surface area contributed by atoms with Crippen LogP contribution in [0.2, 0.25) is 0 Å². The van der Waals surface area contributed by atoms with Crippen LogP contribution >= 0.6 is 0 Å². The van der Waals surface area contributed by atoms with Gasteiger partial charge in [0.1, 0.15) is 0 Å². The average Bonchev–Trinajstić information content (AvgIpc) is 2.74. The molecule has 162 valence electrons. The lowest BCUT2D eigenvalue weighted by molar-refractivity contribution is 0.104. The van der Waals surface area contributed by atoms with E-state index in [2.05, 4.69) is 6.92 Å². The number of nitrogens with two attached hydrogens (primary N) is 1. The van der Waals surface area contributed by atoms with E-state index in [0.717, 1.165) is 41.4 Å². The standard InChI is InChI=1S/C27H49N/c1-20-2-10-23(11-3-20)25-14-16-26(17-15-25)24-12-6-21(7-13-24)4-5-22-8-18-27(28)19-9-22/h20-27H,2-19,28H2,1H3. The Morgan fingerprint density at radius 1 is 0.464 bits per heavy atom. The molecule has 0 amide bonds. The number of hydrogen-bond acceptors (Lipinski definition) is 1. The highest BCUT2D eigenvalue weighted by Gasteiger charge is 2.34. The van der Waals surface area contributed by atoms with E-state index in [1.807, 2.05) is 0 Å². The largest absolute Gasteiger partial charge is 0.328 e. The van der Waals surface area contributed by atoms with Crippen LogP contribution in [0, 0.1) is 41.4 Å². The second kappa shape index (κ2) is 10.3. The van der Waals surface area contributed by atoms with E-state index in [4.69, 9.17) is 5.73 Å². The molecule has 4 aliphatic carbocycles. The Balaban J connectivity index is 1.11. The van der Waals surface area contributed by atoms with Gasteiger partial charge in [-0.15, -0.1) is 0 Å². The maximum absolute atomic E-state index is 6.08.